The number of phosphoric acid groups is 1. The maximum absolute atomic E-state index is 12.0. The van der Waals surface area contributed by atoms with E-state index in [9.17, 15) is 9.46 Å². The van der Waals surface area contributed by atoms with Crippen molar-refractivity contribution >= 4 is 7.82 Å². The van der Waals surface area contributed by atoms with Gasteiger partial charge in [-0.2, -0.15) is 0 Å². The molecule has 1 rings (SSSR count). The fourth-order valence-corrected chi connectivity index (χ4v) is 5.51. The molecule has 0 aromatic carbocycles. The first-order valence-electron chi connectivity index (χ1n) is 13.7. The highest BCUT2D eigenvalue weighted by Gasteiger charge is 2.21. The van der Waals surface area contributed by atoms with Crippen LogP contribution in [0.4, 0.5) is 0 Å². The Bertz CT molecular complexity index is 465. The average molecular weight is 477 g/mol. The minimum absolute atomic E-state index is 0.269. The third-order valence-electron chi connectivity index (χ3n) is 6.71. The molecule has 0 heterocycles. The van der Waals surface area contributed by atoms with Gasteiger partial charge in [-0.15, -0.1) is 0 Å². The van der Waals surface area contributed by atoms with Crippen LogP contribution in [-0.2, 0) is 13.6 Å². The first-order chi connectivity index (χ1) is 15.3. The fourth-order valence-electron chi connectivity index (χ4n) is 4.71. The Labute approximate surface area is 199 Å². The summed E-state index contributed by atoms with van der Waals surface area (Å²) in [6, 6.07) is 0. The molecule has 0 aromatic heterocycles. The monoisotopic (exact) mass is 476 g/mol. The molecule has 32 heavy (non-hydrogen) atoms. The molecule has 1 aliphatic carbocycles. The first-order valence-corrected chi connectivity index (χ1v) is 15.2. The Morgan fingerprint density at radius 3 is 1.59 bits per heavy atom. The summed E-state index contributed by atoms with van der Waals surface area (Å²) in [6.45, 7) is 1.49. The second kappa shape index (κ2) is 18.4. The fraction of sp³-hybridized carbons (Fsp3) is 1.00. The number of rotatable bonds is 12. The molecular weight excluding hydrogens is 421 g/mol. The lowest BCUT2D eigenvalue weighted by atomic mass is 9.90. The quantitative estimate of drug-likeness (QED) is 0.177. The number of hydrogen-bond donors (Lipinski definition) is 1. The zero-order valence-corrected chi connectivity index (χ0v) is 22.6. The first kappa shape index (κ1) is 30.1. The molecule has 192 valence electrons. The summed E-state index contributed by atoms with van der Waals surface area (Å²) in [5.41, 5.74) is 0. The van der Waals surface area contributed by atoms with Gasteiger partial charge in [0.25, 0.3) is 0 Å². The summed E-state index contributed by atoms with van der Waals surface area (Å²) in [5.74, 6) is 0.870. The van der Waals surface area contributed by atoms with Gasteiger partial charge in [0.15, 0.2) is 0 Å². The second-order valence-corrected chi connectivity index (χ2v) is 12.5. The number of phosphoric ester groups is 1. The van der Waals surface area contributed by atoms with E-state index in [0.717, 1.165) is 36.2 Å². The van der Waals surface area contributed by atoms with E-state index in [0.29, 0.717) is 6.61 Å². The Morgan fingerprint density at radius 2 is 1.12 bits per heavy atom. The molecule has 6 heteroatoms. The van der Waals surface area contributed by atoms with Crippen molar-refractivity contribution in [1.29, 1.82) is 0 Å². The molecule has 1 aliphatic rings. The molecule has 0 spiro atoms. The number of hydrogen-bond acceptors (Lipinski definition) is 3. The van der Waals surface area contributed by atoms with Gasteiger partial charge in [-0.25, -0.2) is 4.57 Å². The SMILES string of the molecule is C[N+](C)(C)CCCOP(=O)(O)OCCCCCC1CCCCCCCCCCCCCC1. The number of nitrogens with zero attached hydrogens (tertiary/aromatic N) is 1. The van der Waals surface area contributed by atoms with Crippen LogP contribution in [0, 0.1) is 5.92 Å². The molecule has 1 unspecified atom stereocenters. The molecule has 0 amide bonds. The van der Waals surface area contributed by atoms with Crippen LogP contribution in [0.3, 0.4) is 0 Å². The summed E-state index contributed by atoms with van der Waals surface area (Å²) in [5, 5.41) is 0. The minimum atomic E-state index is -3.89. The van der Waals surface area contributed by atoms with E-state index < -0.39 is 7.82 Å². The van der Waals surface area contributed by atoms with Gasteiger partial charge in [0, 0.05) is 6.42 Å². The summed E-state index contributed by atoms with van der Waals surface area (Å²) in [6.07, 6.45) is 25.0. The standard InChI is InChI=1S/C26H54NO4P/c1-27(2,3)23-19-25-31-32(28,29)30-24-18-14-17-22-26-20-15-12-10-8-6-4-5-7-9-11-13-16-21-26/h26H,4-25H2,1-3H3/p+1. The second-order valence-electron chi connectivity index (χ2n) is 11.0. The van der Waals surface area contributed by atoms with Gasteiger partial charge >= 0.3 is 7.82 Å². The average Bonchev–Trinajstić information content (AvgIpc) is 2.73. The van der Waals surface area contributed by atoms with Crippen LogP contribution >= 0.6 is 7.82 Å². The molecule has 5 nitrogen and oxygen atoms in total. The van der Waals surface area contributed by atoms with Crippen LogP contribution < -0.4 is 0 Å². The van der Waals surface area contributed by atoms with E-state index in [1.165, 1.54) is 103 Å². The maximum atomic E-state index is 12.0. The van der Waals surface area contributed by atoms with Crippen LogP contribution in [0.1, 0.15) is 122 Å². The van der Waals surface area contributed by atoms with Gasteiger partial charge in [-0.05, 0) is 12.3 Å². The predicted octanol–water partition coefficient (Wildman–Crippen LogP) is 7.87. The minimum Gasteiger partial charge on any atom is -0.331 e. The van der Waals surface area contributed by atoms with Crippen LogP contribution in [0.2, 0.25) is 0 Å². The molecule has 0 aliphatic heterocycles. The Kier molecular flexibility index (Phi) is 17.3. The van der Waals surface area contributed by atoms with E-state index in [-0.39, 0.29) is 6.61 Å². The van der Waals surface area contributed by atoms with Gasteiger partial charge in [0.1, 0.15) is 0 Å². The lowest BCUT2D eigenvalue weighted by Crippen LogP contribution is -2.35. The lowest BCUT2D eigenvalue weighted by Gasteiger charge is -2.23. The molecule has 1 fully saturated rings. The number of unbranched alkanes of at least 4 members (excludes halogenated alkanes) is 2. The summed E-state index contributed by atoms with van der Waals surface area (Å²) < 4.78 is 23.1. The van der Waals surface area contributed by atoms with E-state index in [2.05, 4.69) is 21.1 Å². The lowest BCUT2D eigenvalue weighted by molar-refractivity contribution is -0.870. The van der Waals surface area contributed by atoms with E-state index in [4.69, 9.17) is 9.05 Å². The van der Waals surface area contributed by atoms with Crippen LogP contribution in [0.5, 0.6) is 0 Å². The summed E-state index contributed by atoms with van der Waals surface area (Å²) >= 11 is 0. The van der Waals surface area contributed by atoms with Crippen molar-refractivity contribution in [2.75, 3.05) is 40.9 Å². The molecule has 0 saturated heterocycles. The topological polar surface area (TPSA) is 55.8 Å². The molecule has 0 aromatic rings. The molecule has 1 saturated carbocycles. The highest BCUT2D eigenvalue weighted by atomic mass is 31.2. The third-order valence-corrected chi connectivity index (χ3v) is 7.73. The van der Waals surface area contributed by atoms with Gasteiger partial charge in [-0.1, -0.05) is 109 Å². The van der Waals surface area contributed by atoms with Crippen molar-refractivity contribution in [2.45, 2.75) is 122 Å². The van der Waals surface area contributed by atoms with Crippen molar-refractivity contribution in [2.24, 2.45) is 5.92 Å². The zero-order valence-electron chi connectivity index (χ0n) is 21.7. The van der Waals surface area contributed by atoms with Gasteiger partial charge in [-0.3, -0.25) is 9.05 Å². The van der Waals surface area contributed by atoms with E-state index in [1.807, 2.05) is 0 Å². The van der Waals surface area contributed by atoms with Crippen LogP contribution in [0.25, 0.3) is 0 Å². The summed E-state index contributed by atoms with van der Waals surface area (Å²) in [7, 11) is 2.40. The Balaban J connectivity index is 2.14. The largest absolute Gasteiger partial charge is 0.472 e. The van der Waals surface area contributed by atoms with Crippen molar-refractivity contribution in [1.82, 2.24) is 0 Å². The van der Waals surface area contributed by atoms with Gasteiger partial charge < -0.3 is 9.38 Å². The Morgan fingerprint density at radius 1 is 0.688 bits per heavy atom. The highest BCUT2D eigenvalue weighted by Crippen LogP contribution is 2.43. The van der Waals surface area contributed by atoms with Crippen LogP contribution in [-0.4, -0.2) is 50.3 Å². The molecule has 1 N–H and O–H groups in total. The van der Waals surface area contributed by atoms with Gasteiger partial charge in [0.2, 0.25) is 0 Å². The van der Waals surface area contributed by atoms with Crippen molar-refractivity contribution in [3.63, 3.8) is 0 Å². The van der Waals surface area contributed by atoms with Crippen molar-refractivity contribution < 1.29 is 23.0 Å². The van der Waals surface area contributed by atoms with E-state index >= 15 is 0 Å². The third kappa shape index (κ3) is 19.5. The Hall–Kier alpha value is 0.0700. The molecule has 0 radical (unpaired) electrons. The molecule has 1 atom stereocenters. The number of quaternary nitrogens is 1. The van der Waals surface area contributed by atoms with Crippen LogP contribution in [0.15, 0.2) is 0 Å². The smallest absolute Gasteiger partial charge is 0.331 e. The zero-order chi connectivity index (χ0) is 23.5. The summed E-state index contributed by atoms with van der Waals surface area (Å²) in [4.78, 5) is 9.82. The predicted molar refractivity (Wildman–Crippen MR) is 136 cm³/mol. The van der Waals surface area contributed by atoms with Crippen molar-refractivity contribution in [3.05, 3.63) is 0 Å². The molecular formula is C26H55NO4P+. The van der Waals surface area contributed by atoms with Crippen molar-refractivity contribution in [3.8, 4) is 0 Å². The van der Waals surface area contributed by atoms with Gasteiger partial charge in [0.05, 0.1) is 40.9 Å². The maximum Gasteiger partial charge on any atom is 0.472 e. The highest BCUT2D eigenvalue weighted by molar-refractivity contribution is 7.47. The van der Waals surface area contributed by atoms with E-state index in [1.54, 1.807) is 0 Å². The normalized spacial score (nSPS) is 20.9. The molecule has 0 bridgehead atoms.